The number of amides is 3. The van der Waals surface area contributed by atoms with Crippen LogP contribution in [0.5, 0.6) is 0 Å². The van der Waals surface area contributed by atoms with E-state index in [4.69, 9.17) is 0 Å². The molecule has 0 bridgehead atoms. The third-order valence-electron chi connectivity index (χ3n) is 5.41. The summed E-state index contributed by atoms with van der Waals surface area (Å²) in [5.74, 6) is -0.200. The van der Waals surface area contributed by atoms with Crippen LogP contribution in [0.25, 0.3) is 0 Å². The first-order valence-corrected chi connectivity index (χ1v) is 10.7. The lowest BCUT2D eigenvalue weighted by Crippen LogP contribution is -2.52. The lowest BCUT2D eigenvalue weighted by Gasteiger charge is -2.22. The summed E-state index contributed by atoms with van der Waals surface area (Å²) in [5, 5.41) is 8.56. The minimum Gasteiger partial charge on any atom is -0.372 e. The van der Waals surface area contributed by atoms with Gasteiger partial charge >= 0.3 is 6.03 Å². The molecule has 1 saturated heterocycles. The second-order valence-corrected chi connectivity index (χ2v) is 8.11. The monoisotopic (exact) mass is 408 g/mol. The lowest BCUT2D eigenvalue weighted by atomic mass is 10.0. The Labute approximate surface area is 179 Å². The number of hydrogen-bond acceptors (Lipinski definition) is 3. The van der Waals surface area contributed by atoms with E-state index < -0.39 is 6.04 Å². The molecule has 1 atom stereocenters. The smallest absolute Gasteiger partial charge is 0.315 e. The molecule has 3 N–H and O–H groups in total. The maximum atomic E-state index is 12.7. The summed E-state index contributed by atoms with van der Waals surface area (Å²) in [5.41, 5.74) is 3.29. The normalized spacial score (nSPS) is 14.4. The molecule has 1 unspecified atom stereocenters. The van der Waals surface area contributed by atoms with Crippen LogP contribution in [-0.4, -0.2) is 31.1 Å². The summed E-state index contributed by atoms with van der Waals surface area (Å²) in [6, 6.07) is 17.1. The average molecular weight is 409 g/mol. The largest absolute Gasteiger partial charge is 0.372 e. The zero-order chi connectivity index (χ0) is 21.3. The fraction of sp³-hybridized carbons (Fsp3) is 0.417. The second-order valence-electron chi connectivity index (χ2n) is 8.11. The van der Waals surface area contributed by atoms with Crippen LogP contribution in [0.4, 0.5) is 10.5 Å². The average Bonchev–Trinajstić information content (AvgIpc) is 3.30. The molecule has 1 fully saturated rings. The zero-order valence-corrected chi connectivity index (χ0v) is 17.9. The highest BCUT2D eigenvalue weighted by atomic mass is 16.2. The summed E-state index contributed by atoms with van der Waals surface area (Å²) in [7, 11) is 0. The van der Waals surface area contributed by atoms with Crippen molar-refractivity contribution in [3.8, 4) is 0 Å². The molecule has 6 heteroatoms. The molecule has 1 aliphatic heterocycles. The van der Waals surface area contributed by atoms with Crippen molar-refractivity contribution in [3.05, 3.63) is 65.7 Å². The quantitative estimate of drug-likeness (QED) is 0.627. The van der Waals surface area contributed by atoms with Crippen LogP contribution in [0.3, 0.4) is 0 Å². The molecule has 1 heterocycles. The Hall–Kier alpha value is -3.02. The van der Waals surface area contributed by atoms with Crippen molar-refractivity contribution in [1.82, 2.24) is 16.0 Å². The van der Waals surface area contributed by atoms with Gasteiger partial charge in [-0.3, -0.25) is 4.79 Å². The van der Waals surface area contributed by atoms with Crippen molar-refractivity contribution in [2.75, 3.05) is 18.0 Å². The molecular weight excluding hydrogens is 376 g/mol. The number of hydrogen-bond donors (Lipinski definition) is 3. The number of nitrogens with zero attached hydrogens (tertiary/aromatic N) is 1. The molecular formula is C24H32N4O2. The van der Waals surface area contributed by atoms with Crippen molar-refractivity contribution >= 4 is 17.6 Å². The van der Waals surface area contributed by atoms with Gasteiger partial charge in [-0.25, -0.2) is 4.79 Å². The Bertz CT molecular complexity index is 815. The second kappa shape index (κ2) is 10.7. The van der Waals surface area contributed by atoms with E-state index in [1.807, 2.05) is 44.2 Å². The molecule has 0 aromatic heterocycles. The lowest BCUT2D eigenvalue weighted by molar-refractivity contribution is -0.124. The summed E-state index contributed by atoms with van der Waals surface area (Å²) >= 11 is 0. The van der Waals surface area contributed by atoms with Gasteiger partial charge in [-0.2, -0.15) is 0 Å². The molecule has 1 aliphatic rings. The highest BCUT2D eigenvalue weighted by Gasteiger charge is 2.24. The number of rotatable bonds is 8. The Morgan fingerprint density at radius 2 is 1.47 bits per heavy atom. The van der Waals surface area contributed by atoms with Gasteiger partial charge in [0.15, 0.2) is 0 Å². The van der Waals surface area contributed by atoms with Crippen molar-refractivity contribution in [3.63, 3.8) is 0 Å². The minimum absolute atomic E-state index is 0.0231. The van der Waals surface area contributed by atoms with E-state index in [2.05, 4.69) is 45.1 Å². The number of carbonyl (C=O) groups excluding carboxylic acids is 2. The Balaban J connectivity index is 1.48. The molecule has 3 amide bonds. The summed E-state index contributed by atoms with van der Waals surface area (Å²) in [6.45, 7) is 6.94. The molecule has 0 saturated carbocycles. The summed E-state index contributed by atoms with van der Waals surface area (Å²) < 4.78 is 0. The standard InChI is InChI=1S/C24H32N4O2/c1-18(2)22(27-24(30)26-17-19-8-4-3-5-9-19)23(29)25-16-20-10-12-21(13-11-20)28-14-6-7-15-28/h3-5,8-13,18,22H,6-7,14-17H2,1-2H3,(H,25,29)(H2,26,27,30). The van der Waals surface area contributed by atoms with E-state index in [1.165, 1.54) is 18.5 Å². The molecule has 2 aromatic rings. The molecule has 0 radical (unpaired) electrons. The van der Waals surface area contributed by atoms with Crippen LogP contribution in [-0.2, 0) is 17.9 Å². The fourth-order valence-electron chi connectivity index (χ4n) is 3.60. The van der Waals surface area contributed by atoms with Crippen LogP contribution in [0, 0.1) is 5.92 Å². The van der Waals surface area contributed by atoms with Gasteiger partial charge in [0.25, 0.3) is 0 Å². The van der Waals surface area contributed by atoms with Crippen molar-refractivity contribution in [2.24, 2.45) is 5.92 Å². The van der Waals surface area contributed by atoms with Gasteiger partial charge in [0.2, 0.25) is 5.91 Å². The van der Waals surface area contributed by atoms with E-state index in [0.717, 1.165) is 24.2 Å². The first-order valence-electron chi connectivity index (χ1n) is 10.7. The molecule has 0 spiro atoms. The van der Waals surface area contributed by atoms with Gasteiger partial charge in [0, 0.05) is 31.9 Å². The Morgan fingerprint density at radius 1 is 0.867 bits per heavy atom. The van der Waals surface area contributed by atoms with Gasteiger partial charge in [-0.15, -0.1) is 0 Å². The first kappa shape index (κ1) is 21.7. The molecule has 6 nitrogen and oxygen atoms in total. The maximum absolute atomic E-state index is 12.7. The summed E-state index contributed by atoms with van der Waals surface area (Å²) in [6.07, 6.45) is 2.50. The maximum Gasteiger partial charge on any atom is 0.315 e. The van der Waals surface area contributed by atoms with E-state index in [9.17, 15) is 9.59 Å². The predicted octanol–water partition coefficient (Wildman–Crippen LogP) is 3.43. The van der Waals surface area contributed by atoms with Crippen LogP contribution >= 0.6 is 0 Å². The van der Waals surface area contributed by atoms with Crippen molar-refractivity contribution in [1.29, 1.82) is 0 Å². The summed E-state index contributed by atoms with van der Waals surface area (Å²) in [4.78, 5) is 27.3. The third kappa shape index (κ3) is 6.24. The topological polar surface area (TPSA) is 73.5 Å². The molecule has 30 heavy (non-hydrogen) atoms. The molecule has 160 valence electrons. The number of anilines is 1. The van der Waals surface area contributed by atoms with Gasteiger partial charge < -0.3 is 20.9 Å². The van der Waals surface area contributed by atoms with Gasteiger partial charge in [0.1, 0.15) is 6.04 Å². The number of urea groups is 1. The van der Waals surface area contributed by atoms with Crippen molar-refractivity contribution in [2.45, 2.75) is 45.8 Å². The highest BCUT2D eigenvalue weighted by molar-refractivity contribution is 5.87. The minimum atomic E-state index is -0.593. The predicted molar refractivity (Wildman–Crippen MR) is 120 cm³/mol. The number of carbonyl (C=O) groups is 2. The van der Waals surface area contributed by atoms with E-state index >= 15 is 0 Å². The van der Waals surface area contributed by atoms with Crippen LogP contribution in [0.15, 0.2) is 54.6 Å². The van der Waals surface area contributed by atoms with E-state index in [-0.39, 0.29) is 17.9 Å². The zero-order valence-electron chi connectivity index (χ0n) is 17.9. The van der Waals surface area contributed by atoms with E-state index in [1.54, 1.807) is 0 Å². The van der Waals surface area contributed by atoms with Crippen LogP contribution in [0.2, 0.25) is 0 Å². The highest BCUT2D eigenvalue weighted by Crippen LogP contribution is 2.20. The third-order valence-corrected chi connectivity index (χ3v) is 5.41. The fourth-order valence-corrected chi connectivity index (χ4v) is 3.60. The van der Waals surface area contributed by atoms with Crippen molar-refractivity contribution < 1.29 is 9.59 Å². The Kier molecular flexibility index (Phi) is 7.71. The first-order chi connectivity index (χ1) is 14.5. The number of nitrogens with one attached hydrogen (secondary N) is 3. The molecule has 0 aliphatic carbocycles. The van der Waals surface area contributed by atoms with Crippen LogP contribution < -0.4 is 20.9 Å². The van der Waals surface area contributed by atoms with Gasteiger partial charge in [-0.05, 0) is 42.0 Å². The van der Waals surface area contributed by atoms with E-state index in [0.29, 0.717) is 13.1 Å². The number of benzene rings is 2. The van der Waals surface area contributed by atoms with Crippen LogP contribution in [0.1, 0.15) is 37.8 Å². The SMILES string of the molecule is CC(C)C(NC(=O)NCc1ccccc1)C(=O)NCc1ccc(N2CCCC2)cc1. The van der Waals surface area contributed by atoms with Gasteiger partial charge in [-0.1, -0.05) is 56.3 Å². The molecule has 3 rings (SSSR count). The molecule has 2 aromatic carbocycles. The Morgan fingerprint density at radius 3 is 2.10 bits per heavy atom. The van der Waals surface area contributed by atoms with Gasteiger partial charge in [0.05, 0.1) is 0 Å².